The van der Waals surface area contributed by atoms with Gasteiger partial charge in [-0.25, -0.2) is 9.97 Å². The minimum absolute atomic E-state index is 0.182. The van der Waals surface area contributed by atoms with E-state index in [2.05, 4.69) is 20.3 Å². The number of rotatable bonds is 3. The number of aromatic amines is 1. The Balaban J connectivity index is 1.58. The first-order chi connectivity index (χ1) is 11.3. The first-order valence-electron chi connectivity index (χ1n) is 7.13. The summed E-state index contributed by atoms with van der Waals surface area (Å²) in [5, 5.41) is 2.89. The fourth-order valence-corrected chi connectivity index (χ4v) is 2.48. The predicted molar refractivity (Wildman–Crippen MR) is 87.6 cm³/mol. The lowest BCUT2D eigenvalue weighted by Crippen LogP contribution is -2.12. The molecule has 0 aliphatic heterocycles. The van der Waals surface area contributed by atoms with Crippen LogP contribution in [0.5, 0.6) is 0 Å². The maximum absolute atomic E-state index is 12.5. The monoisotopic (exact) mass is 303 g/mol. The first-order valence-corrected chi connectivity index (χ1v) is 7.13. The topological polar surface area (TPSA) is 75.6 Å². The van der Waals surface area contributed by atoms with Crippen molar-refractivity contribution >= 4 is 22.6 Å². The van der Waals surface area contributed by atoms with Gasteiger partial charge in [0.15, 0.2) is 0 Å². The molecule has 2 aromatic heterocycles. The molecule has 6 heteroatoms. The minimum Gasteiger partial charge on any atom is -0.345 e. The molecule has 112 valence electrons. The Labute approximate surface area is 131 Å². The maximum Gasteiger partial charge on any atom is 0.257 e. The third-order valence-corrected chi connectivity index (χ3v) is 3.62. The van der Waals surface area contributed by atoms with Gasteiger partial charge in [0.2, 0.25) is 0 Å². The number of fused-ring (bicyclic) bond motifs is 1. The number of aromatic nitrogens is 4. The molecule has 0 aliphatic rings. The number of para-hydroxylation sites is 1. The van der Waals surface area contributed by atoms with Crippen molar-refractivity contribution < 1.29 is 4.79 Å². The van der Waals surface area contributed by atoms with Crippen molar-refractivity contribution in [2.75, 3.05) is 5.32 Å². The van der Waals surface area contributed by atoms with E-state index in [1.54, 1.807) is 24.9 Å². The Hall–Kier alpha value is -3.41. The lowest BCUT2D eigenvalue weighted by atomic mass is 10.1. The summed E-state index contributed by atoms with van der Waals surface area (Å²) in [5.74, 6) is -0.182. The standard InChI is InChI=1S/C17H13N5O/c23-17(14-2-1-3-15-16(14)20-10-19-15)21-12-4-6-13(7-5-12)22-9-8-18-11-22/h1-11H,(H,19,20)(H,21,23). The number of hydrogen-bond donors (Lipinski definition) is 2. The zero-order valence-corrected chi connectivity index (χ0v) is 12.1. The molecule has 0 spiro atoms. The van der Waals surface area contributed by atoms with Crippen molar-refractivity contribution in [3.05, 3.63) is 73.1 Å². The van der Waals surface area contributed by atoms with E-state index in [1.807, 2.05) is 47.2 Å². The minimum atomic E-state index is -0.182. The van der Waals surface area contributed by atoms with Crippen LogP contribution in [0.2, 0.25) is 0 Å². The van der Waals surface area contributed by atoms with Crippen LogP contribution in [0.25, 0.3) is 16.7 Å². The number of imidazole rings is 2. The summed E-state index contributed by atoms with van der Waals surface area (Å²) in [4.78, 5) is 23.7. The Bertz CT molecular complexity index is 954. The molecule has 4 aromatic rings. The molecule has 6 nitrogen and oxygen atoms in total. The molecule has 0 saturated heterocycles. The summed E-state index contributed by atoms with van der Waals surface area (Å²) >= 11 is 0. The lowest BCUT2D eigenvalue weighted by Gasteiger charge is -2.07. The quantitative estimate of drug-likeness (QED) is 0.611. The number of amides is 1. The number of anilines is 1. The lowest BCUT2D eigenvalue weighted by molar-refractivity contribution is 0.102. The number of hydrogen-bond acceptors (Lipinski definition) is 3. The number of benzene rings is 2. The number of H-pyrrole nitrogens is 1. The summed E-state index contributed by atoms with van der Waals surface area (Å²) in [6.07, 6.45) is 6.90. The average molecular weight is 303 g/mol. The maximum atomic E-state index is 12.5. The Morgan fingerprint density at radius 2 is 2.00 bits per heavy atom. The second kappa shape index (κ2) is 5.42. The van der Waals surface area contributed by atoms with Gasteiger partial charge in [-0.3, -0.25) is 4.79 Å². The SMILES string of the molecule is O=C(Nc1ccc(-n2ccnc2)cc1)c1cccc2[nH]cnc12. The molecule has 2 aromatic carbocycles. The van der Waals surface area contributed by atoms with Crippen LogP contribution < -0.4 is 5.32 Å². The normalized spacial score (nSPS) is 10.8. The van der Waals surface area contributed by atoms with Crippen LogP contribution in [0.1, 0.15) is 10.4 Å². The zero-order valence-electron chi connectivity index (χ0n) is 12.1. The summed E-state index contributed by atoms with van der Waals surface area (Å²) < 4.78 is 1.90. The van der Waals surface area contributed by atoms with Crippen LogP contribution in [0, 0.1) is 0 Å². The van der Waals surface area contributed by atoms with E-state index in [-0.39, 0.29) is 5.91 Å². The van der Waals surface area contributed by atoms with E-state index in [1.165, 1.54) is 0 Å². The molecular formula is C17H13N5O. The van der Waals surface area contributed by atoms with Crippen LogP contribution in [0.4, 0.5) is 5.69 Å². The predicted octanol–water partition coefficient (Wildman–Crippen LogP) is 3.00. The van der Waals surface area contributed by atoms with Crippen molar-refractivity contribution in [2.45, 2.75) is 0 Å². The number of nitrogens with zero attached hydrogens (tertiary/aromatic N) is 3. The average Bonchev–Trinajstić information content (AvgIpc) is 3.26. The highest BCUT2D eigenvalue weighted by atomic mass is 16.1. The van der Waals surface area contributed by atoms with Gasteiger partial charge in [-0.05, 0) is 36.4 Å². The van der Waals surface area contributed by atoms with Crippen LogP contribution in [-0.4, -0.2) is 25.4 Å². The summed E-state index contributed by atoms with van der Waals surface area (Å²) in [7, 11) is 0. The highest BCUT2D eigenvalue weighted by Gasteiger charge is 2.11. The second-order valence-corrected chi connectivity index (χ2v) is 5.08. The highest BCUT2D eigenvalue weighted by Crippen LogP contribution is 2.18. The molecule has 2 N–H and O–H groups in total. The first kappa shape index (κ1) is 13.3. The van der Waals surface area contributed by atoms with Gasteiger partial charge < -0.3 is 14.9 Å². The molecule has 0 bridgehead atoms. The Morgan fingerprint density at radius 3 is 2.78 bits per heavy atom. The van der Waals surface area contributed by atoms with Crippen LogP contribution in [-0.2, 0) is 0 Å². The van der Waals surface area contributed by atoms with Gasteiger partial charge in [0.25, 0.3) is 5.91 Å². The van der Waals surface area contributed by atoms with Crippen LogP contribution in [0.3, 0.4) is 0 Å². The third kappa shape index (κ3) is 2.46. The Morgan fingerprint density at radius 1 is 1.13 bits per heavy atom. The van der Waals surface area contributed by atoms with E-state index in [0.29, 0.717) is 11.1 Å². The van der Waals surface area contributed by atoms with E-state index < -0.39 is 0 Å². The summed E-state index contributed by atoms with van der Waals surface area (Å²) in [6.45, 7) is 0. The molecule has 0 radical (unpaired) electrons. The van der Waals surface area contributed by atoms with Gasteiger partial charge in [-0.2, -0.15) is 0 Å². The van der Waals surface area contributed by atoms with Gasteiger partial charge in [0.1, 0.15) is 5.52 Å². The largest absolute Gasteiger partial charge is 0.345 e. The van der Waals surface area contributed by atoms with Crippen molar-refractivity contribution in [1.29, 1.82) is 0 Å². The number of nitrogens with one attached hydrogen (secondary N) is 2. The van der Waals surface area contributed by atoms with Crippen molar-refractivity contribution in [3.8, 4) is 5.69 Å². The van der Waals surface area contributed by atoms with Crippen LogP contribution >= 0.6 is 0 Å². The van der Waals surface area contributed by atoms with E-state index in [4.69, 9.17) is 0 Å². The van der Waals surface area contributed by atoms with Gasteiger partial charge in [0.05, 0.1) is 23.7 Å². The fourth-order valence-electron chi connectivity index (χ4n) is 2.48. The van der Waals surface area contributed by atoms with Crippen molar-refractivity contribution in [1.82, 2.24) is 19.5 Å². The van der Waals surface area contributed by atoms with Gasteiger partial charge in [-0.15, -0.1) is 0 Å². The zero-order chi connectivity index (χ0) is 15.6. The molecule has 0 fully saturated rings. The molecule has 0 saturated carbocycles. The summed E-state index contributed by atoms with van der Waals surface area (Å²) in [5.41, 5.74) is 3.76. The van der Waals surface area contributed by atoms with E-state index in [0.717, 1.165) is 16.9 Å². The molecule has 0 atom stereocenters. The van der Waals surface area contributed by atoms with E-state index in [9.17, 15) is 4.79 Å². The van der Waals surface area contributed by atoms with Gasteiger partial charge in [0, 0.05) is 23.8 Å². The number of carbonyl (C=O) groups is 1. The van der Waals surface area contributed by atoms with E-state index >= 15 is 0 Å². The molecule has 1 amide bonds. The van der Waals surface area contributed by atoms with Gasteiger partial charge in [-0.1, -0.05) is 6.07 Å². The Kier molecular flexibility index (Phi) is 3.12. The van der Waals surface area contributed by atoms with Crippen molar-refractivity contribution in [2.24, 2.45) is 0 Å². The molecule has 0 aliphatic carbocycles. The second-order valence-electron chi connectivity index (χ2n) is 5.08. The third-order valence-electron chi connectivity index (χ3n) is 3.62. The van der Waals surface area contributed by atoms with Crippen molar-refractivity contribution in [3.63, 3.8) is 0 Å². The smallest absolute Gasteiger partial charge is 0.257 e. The fraction of sp³-hybridized carbons (Fsp3) is 0. The molecule has 0 unspecified atom stereocenters. The van der Waals surface area contributed by atoms with Gasteiger partial charge >= 0.3 is 0 Å². The molecule has 2 heterocycles. The van der Waals surface area contributed by atoms with Crippen LogP contribution in [0.15, 0.2) is 67.5 Å². The molecule has 23 heavy (non-hydrogen) atoms. The summed E-state index contributed by atoms with van der Waals surface area (Å²) in [6, 6.07) is 13.0. The number of carbonyl (C=O) groups excluding carboxylic acids is 1. The molecule has 4 rings (SSSR count). The highest BCUT2D eigenvalue weighted by molar-refractivity contribution is 6.11. The molecular weight excluding hydrogens is 290 g/mol.